The van der Waals surface area contributed by atoms with E-state index in [9.17, 15) is 5.11 Å². The first kappa shape index (κ1) is 12.6. The van der Waals surface area contributed by atoms with Gasteiger partial charge in [0.25, 0.3) is 0 Å². The first-order valence-corrected chi connectivity index (χ1v) is 6.06. The molecule has 0 amide bonds. The average molecular weight is 246 g/mol. The van der Waals surface area contributed by atoms with Crippen LogP contribution in [0.1, 0.15) is 24.1 Å². The highest BCUT2D eigenvalue weighted by molar-refractivity contribution is 5.26. The minimum atomic E-state index is 0.301. The molecule has 2 N–H and O–H groups in total. The summed E-state index contributed by atoms with van der Waals surface area (Å²) in [5, 5.41) is 12.6. The molecule has 1 aromatic carbocycles. The Labute approximate surface area is 107 Å². The topological polar surface area (TPSA) is 58.3 Å². The fraction of sp³-hybridized carbons (Fsp3) is 0.357. The fourth-order valence-electron chi connectivity index (χ4n) is 1.80. The van der Waals surface area contributed by atoms with E-state index in [4.69, 9.17) is 4.42 Å². The molecule has 2 aromatic rings. The van der Waals surface area contributed by atoms with Crippen LogP contribution in [-0.4, -0.2) is 16.1 Å². The van der Waals surface area contributed by atoms with E-state index in [0.717, 1.165) is 12.2 Å². The predicted octanol–water partition coefficient (Wildman–Crippen LogP) is 2.41. The molecule has 0 radical (unpaired) electrons. The molecule has 1 unspecified atom stereocenters. The van der Waals surface area contributed by atoms with Gasteiger partial charge in [-0.1, -0.05) is 12.1 Å². The van der Waals surface area contributed by atoms with Crippen molar-refractivity contribution < 1.29 is 9.52 Å². The Bertz CT molecular complexity index is 491. The summed E-state index contributed by atoms with van der Waals surface area (Å²) in [4.78, 5) is 4.14. The smallest absolute Gasteiger partial charge is 0.208 e. The van der Waals surface area contributed by atoms with Gasteiger partial charge in [-0.2, -0.15) is 0 Å². The summed E-state index contributed by atoms with van der Waals surface area (Å²) in [7, 11) is 0. The Kier molecular flexibility index (Phi) is 3.99. The van der Waals surface area contributed by atoms with E-state index < -0.39 is 0 Å². The van der Waals surface area contributed by atoms with Gasteiger partial charge in [-0.15, -0.1) is 0 Å². The molecular formula is C14H18N2O2. The number of aromatic nitrogens is 1. The van der Waals surface area contributed by atoms with Gasteiger partial charge < -0.3 is 14.8 Å². The van der Waals surface area contributed by atoms with Crippen molar-refractivity contribution >= 4 is 0 Å². The lowest BCUT2D eigenvalue weighted by Crippen LogP contribution is -2.27. The lowest BCUT2D eigenvalue weighted by atomic mass is 10.1. The highest BCUT2D eigenvalue weighted by Crippen LogP contribution is 2.11. The van der Waals surface area contributed by atoms with Gasteiger partial charge in [0, 0.05) is 6.04 Å². The SMILES string of the molecule is Cc1cnc(CNC(C)Cc2ccc(O)cc2)o1. The largest absolute Gasteiger partial charge is 0.508 e. The Morgan fingerprint density at radius 3 is 2.67 bits per heavy atom. The maximum atomic E-state index is 9.21. The number of rotatable bonds is 5. The van der Waals surface area contributed by atoms with E-state index in [2.05, 4.69) is 17.2 Å². The molecule has 0 saturated carbocycles. The average Bonchev–Trinajstić information content (AvgIpc) is 2.76. The van der Waals surface area contributed by atoms with Crippen LogP contribution in [-0.2, 0) is 13.0 Å². The Morgan fingerprint density at radius 1 is 1.33 bits per heavy atom. The van der Waals surface area contributed by atoms with E-state index in [1.165, 1.54) is 5.56 Å². The molecule has 0 aliphatic heterocycles. The summed E-state index contributed by atoms with van der Waals surface area (Å²) in [6.07, 6.45) is 2.63. The van der Waals surface area contributed by atoms with Crippen molar-refractivity contribution in [3.05, 3.63) is 47.7 Å². The molecule has 0 aliphatic carbocycles. The van der Waals surface area contributed by atoms with Gasteiger partial charge in [0.15, 0.2) is 0 Å². The van der Waals surface area contributed by atoms with Crippen molar-refractivity contribution in [2.45, 2.75) is 32.9 Å². The highest BCUT2D eigenvalue weighted by atomic mass is 16.4. The minimum Gasteiger partial charge on any atom is -0.508 e. The molecule has 4 heteroatoms. The second-order valence-corrected chi connectivity index (χ2v) is 4.52. The molecule has 0 fully saturated rings. The molecule has 96 valence electrons. The Morgan fingerprint density at radius 2 is 2.06 bits per heavy atom. The number of hydrogen-bond acceptors (Lipinski definition) is 4. The lowest BCUT2D eigenvalue weighted by molar-refractivity contribution is 0.427. The van der Waals surface area contributed by atoms with Gasteiger partial charge in [-0.05, 0) is 38.0 Å². The monoisotopic (exact) mass is 246 g/mol. The van der Waals surface area contributed by atoms with Crippen LogP contribution in [0.2, 0.25) is 0 Å². The number of nitrogens with one attached hydrogen (secondary N) is 1. The maximum Gasteiger partial charge on any atom is 0.208 e. The van der Waals surface area contributed by atoms with Crippen molar-refractivity contribution in [1.29, 1.82) is 0 Å². The first-order chi connectivity index (χ1) is 8.63. The first-order valence-electron chi connectivity index (χ1n) is 6.06. The molecule has 1 heterocycles. The molecule has 4 nitrogen and oxygen atoms in total. The van der Waals surface area contributed by atoms with Crippen LogP contribution < -0.4 is 5.32 Å². The molecule has 0 saturated heterocycles. The van der Waals surface area contributed by atoms with Crippen molar-refractivity contribution in [2.24, 2.45) is 0 Å². The number of oxazole rings is 1. The number of nitrogens with zero attached hydrogens (tertiary/aromatic N) is 1. The number of phenolic OH excluding ortho intramolecular Hbond substituents is 1. The quantitative estimate of drug-likeness (QED) is 0.850. The molecule has 0 aliphatic rings. The van der Waals surface area contributed by atoms with E-state index in [-0.39, 0.29) is 0 Å². The zero-order valence-corrected chi connectivity index (χ0v) is 10.7. The zero-order valence-electron chi connectivity index (χ0n) is 10.7. The third-order valence-corrected chi connectivity index (χ3v) is 2.75. The molecule has 18 heavy (non-hydrogen) atoms. The van der Waals surface area contributed by atoms with Crippen molar-refractivity contribution in [3.63, 3.8) is 0 Å². The summed E-state index contributed by atoms with van der Waals surface area (Å²) in [5.74, 6) is 1.85. The summed E-state index contributed by atoms with van der Waals surface area (Å²) in [6.45, 7) is 4.63. The number of aryl methyl sites for hydroxylation is 1. The van der Waals surface area contributed by atoms with E-state index in [1.54, 1.807) is 18.3 Å². The standard InChI is InChI=1S/C14H18N2O2/c1-10(7-12-3-5-13(17)6-4-12)15-9-14-16-8-11(2)18-14/h3-6,8,10,15,17H,7,9H2,1-2H3. The molecule has 2 rings (SSSR count). The minimum absolute atomic E-state index is 0.301. The number of hydrogen-bond donors (Lipinski definition) is 2. The van der Waals surface area contributed by atoms with Crippen molar-refractivity contribution in [3.8, 4) is 5.75 Å². The fourth-order valence-corrected chi connectivity index (χ4v) is 1.80. The third kappa shape index (κ3) is 3.60. The van der Waals surface area contributed by atoms with Gasteiger partial charge in [-0.3, -0.25) is 0 Å². The maximum absolute atomic E-state index is 9.21. The Hall–Kier alpha value is -1.81. The molecular weight excluding hydrogens is 228 g/mol. The molecule has 0 bridgehead atoms. The van der Waals surface area contributed by atoms with Crippen LogP contribution in [0.5, 0.6) is 5.75 Å². The third-order valence-electron chi connectivity index (χ3n) is 2.75. The van der Waals surface area contributed by atoms with Crippen molar-refractivity contribution in [1.82, 2.24) is 10.3 Å². The lowest BCUT2D eigenvalue weighted by Gasteiger charge is -2.12. The van der Waals surface area contributed by atoms with Crippen molar-refractivity contribution in [2.75, 3.05) is 0 Å². The van der Waals surface area contributed by atoms with Gasteiger partial charge >= 0.3 is 0 Å². The summed E-state index contributed by atoms with van der Waals surface area (Å²) >= 11 is 0. The van der Waals surface area contributed by atoms with E-state index in [0.29, 0.717) is 24.2 Å². The van der Waals surface area contributed by atoms with Crippen LogP contribution in [0.4, 0.5) is 0 Å². The van der Waals surface area contributed by atoms with Gasteiger partial charge in [-0.25, -0.2) is 4.98 Å². The van der Waals surface area contributed by atoms with Crippen LogP contribution >= 0.6 is 0 Å². The van der Waals surface area contributed by atoms with Crippen LogP contribution in [0, 0.1) is 6.92 Å². The number of aromatic hydroxyl groups is 1. The van der Waals surface area contributed by atoms with E-state index >= 15 is 0 Å². The zero-order chi connectivity index (χ0) is 13.0. The molecule has 1 aromatic heterocycles. The normalized spacial score (nSPS) is 12.6. The van der Waals surface area contributed by atoms with Crippen LogP contribution in [0.25, 0.3) is 0 Å². The second-order valence-electron chi connectivity index (χ2n) is 4.52. The van der Waals surface area contributed by atoms with Crippen LogP contribution in [0.3, 0.4) is 0 Å². The number of benzene rings is 1. The predicted molar refractivity (Wildman–Crippen MR) is 69.4 cm³/mol. The molecule has 1 atom stereocenters. The summed E-state index contributed by atoms with van der Waals surface area (Å²) < 4.78 is 5.39. The second kappa shape index (κ2) is 5.69. The van der Waals surface area contributed by atoms with Crippen LogP contribution in [0.15, 0.2) is 34.9 Å². The highest BCUT2D eigenvalue weighted by Gasteiger charge is 2.06. The Balaban J connectivity index is 1.81. The number of phenols is 1. The van der Waals surface area contributed by atoms with Gasteiger partial charge in [0.1, 0.15) is 11.5 Å². The van der Waals surface area contributed by atoms with E-state index in [1.807, 2.05) is 19.1 Å². The summed E-state index contributed by atoms with van der Waals surface area (Å²) in [5.41, 5.74) is 1.19. The molecule has 0 spiro atoms. The van der Waals surface area contributed by atoms with Gasteiger partial charge in [0.05, 0.1) is 12.7 Å². The van der Waals surface area contributed by atoms with Gasteiger partial charge in [0.2, 0.25) is 5.89 Å². The summed E-state index contributed by atoms with van der Waals surface area (Å²) in [6, 6.07) is 7.60.